The molecule has 162 valence electrons. The van der Waals surface area contributed by atoms with Gasteiger partial charge in [-0.25, -0.2) is 4.79 Å². The number of benzene rings is 2. The number of hydrogen-bond donors (Lipinski definition) is 3. The number of hydrogen-bond acceptors (Lipinski definition) is 5. The highest BCUT2D eigenvalue weighted by Crippen LogP contribution is 2.21. The number of urea groups is 1. The number of carbonyl (C=O) groups is 1. The first kappa shape index (κ1) is 21.9. The maximum atomic E-state index is 10.8. The number of carbonyl (C=O) groups excluding carboxylic acids is 1. The van der Waals surface area contributed by atoms with Crippen LogP contribution >= 0.6 is 0 Å². The summed E-state index contributed by atoms with van der Waals surface area (Å²) in [6.45, 7) is 8.94. The Hall–Kier alpha value is -2.77. The summed E-state index contributed by atoms with van der Waals surface area (Å²) in [5, 5.41) is 12.8. The summed E-state index contributed by atoms with van der Waals surface area (Å²) in [4.78, 5) is 15.5. The molecule has 4 N–H and O–H groups in total. The summed E-state index contributed by atoms with van der Waals surface area (Å²) in [6.07, 6.45) is -0.565. The van der Waals surface area contributed by atoms with Crippen LogP contribution < -0.4 is 20.7 Å². The van der Waals surface area contributed by atoms with Crippen molar-refractivity contribution in [3.05, 3.63) is 54.1 Å². The van der Waals surface area contributed by atoms with Gasteiger partial charge in [-0.3, -0.25) is 4.90 Å². The minimum atomic E-state index is -0.605. The fourth-order valence-electron chi connectivity index (χ4n) is 3.58. The number of nitrogens with two attached hydrogens (primary N) is 1. The Kier molecular flexibility index (Phi) is 7.54. The van der Waals surface area contributed by atoms with E-state index in [1.807, 2.05) is 0 Å². The first-order chi connectivity index (χ1) is 14.4. The first-order valence-electron chi connectivity index (χ1n) is 10.5. The van der Waals surface area contributed by atoms with Gasteiger partial charge in [0.1, 0.15) is 18.5 Å². The molecule has 0 aromatic heterocycles. The van der Waals surface area contributed by atoms with Crippen LogP contribution in [0.25, 0.3) is 0 Å². The molecule has 1 saturated heterocycles. The molecule has 1 aliphatic heterocycles. The van der Waals surface area contributed by atoms with Crippen LogP contribution in [0.4, 0.5) is 16.2 Å². The van der Waals surface area contributed by atoms with E-state index in [1.54, 1.807) is 24.3 Å². The van der Waals surface area contributed by atoms with Crippen LogP contribution in [0.15, 0.2) is 48.5 Å². The molecular formula is C23H32N4O3. The molecule has 7 heteroatoms. The highest BCUT2D eigenvalue weighted by molar-refractivity contribution is 5.87. The zero-order chi connectivity index (χ0) is 21.5. The summed E-state index contributed by atoms with van der Waals surface area (Å²) >= 11 is 0. The van der Waals surface area contributed by atoms with Crippen molar-refractivity contribution in [2.24, 2.45) is 5.73 Å². The van der Waals surface area contributed by atoms with Gasteiger partial charge in [-0.1, -0.05) is 26.0 Å². The summed E-state index contributed by atoms with van der Waals surface area (Å²) in [7, 11) is 0. The second kappa shape index (κ2) is 10.3. The number of amides is 2. The minimum Gasteiger partial charge on any atom is -0.491 e. The van der Waals surface area contributed by atoms with E-state index in [1.165, 1.54) is 11.3 Å². The van der Waals surface area contributed by atoms with Crippen molar-refractivity contribution < 1.29 is 14.6 Å². The zero-order valence-electron chi connectivity index (χ0n) is 17.8. The van der Waals surface area contributed by atoms with Crippen molar-refractivity contribution in [2.45, 2.75) is 25.9 Å². The fourth-order valence-corrected chi connectivity index (χ4v) is 3.58. The Bertz CT molecular complexity index is 800. The number of aliphatic hydroxyl groups is 1. The molecule has 2 amide bonds. The number of piperazine rings is 1. The molecule has 7 nitrogen and oxygen atoms in total. The van der Waals surface area contributed by atoms with Crippen LogP contribution in [0.3, 0.4) is 0 Å². The quantitative estimate of drug-likeness (QED) is 0.620. The van der Waals surface area contributed by atoms with Gasteiger partial charge in [0.15, 0.2) is 0 Å². The summed E-state index contributed by atoms with van der Waals surface area (Å²) in [5.74, 6) is 1.18. The van der Waals surface area contributed by atoms with Gasteiger partial charge in [0.05, 0.1) is 0 Å². The maximum Gasteiger partial charge on any atom is 0.316 e. The van der Waals surface area contributed by atoms with Crippen LogP contribution in [-0.2, 0) is 0 Å². The summed E-state index contributed by atoms with van der Waals surface area (Å²) < 4.78 is 5.66. The van der Waals surface area contributed by atoms with Crippen LogP contribution in [0.2, 0.25) is 0 Å². The van der Waals surface area contributed by atoms with E-state index in [2.05, 4.69) is 53.2 Å². The summed E-state index contributed by atoms with van der Waals surface area (Å²) in [6, 6.07) is 15.1. The second-order valence-corrected chi connectivity index (χ2v) is 8.01. The SMILES string of the molecule is CC(C)c1ccc(N2CCN(CC(O)COc3ccc(NC(N)=O)cc3)CC2)cc1. The number of nitrogens with one attached hydrogen (secondary N) is 1. The van der Waals surface area contributed by atoms with Gasteiger partial charge in [0, 0.05) is 44.1 Å². The van der Waals surface area contributed by atoms with Crippen LogP contribution in [0, 0.1) is 0 Å². The average Bonchev–Trinajstić information content (AvgIpc) is 2.73. The Morgan fingerprint density at radius 3 is 2.27 bits per heavy atom. The Labute approximate surface area is 178 Å². The zero-order valence-corrected chi connectivity index (χ0v) is 17.8. The van der Waals surface area contributed by atoms with Crippen molar-refractivity contribution in [3.63, 3.8) is 0 Å². The second-order valence-electron chi connectivity index (χ2n) is 8.01. The first-order valence-corrected chi connectivity index (χ1v) is 10.5. The molecule has 1 aliphatic rings. The van der Waals surface area contributed by atoms with Crippen molar-refractivity contribution in [1.82, 2.24) is 4.90 Å². The van der Waals surface area contributed by atoms with E-state index in [-0.39, 0.29) is 6.61 Å². The lowest BCUT2D eigenvalue weighted by molar-refractivity contribution is 0.0663. The number of primary amides is 1. The lowest BCUT2D eigenvalue weighted by atomic mass is 10.0. The molecule has 0 aliphatic carbocycles. The fraction of sp³-hybridized carbons (Fsp3) is 0.435. The van der Waals surface area contributed by atoms with Gasteiger partial charge in [0.2, 0.25) is 0 Å². The normalized spacial score (nSPS) is 15.8. The monoisotopic (exact) mass is 412 g/mol. The lowest BCUT2D eigenvalue weighted by Gasteiger charge is -2.37. The third-order valence-corrected chi connectivity index (χ3v) is 5.33. The molecule has 1 heterocycles. The third-order valence-electron chi connectivity index (χ3n) is 5.33. The Morgan fingerprint density at radius 2 is 1.70 bits per heavy atom. The predicted octanol–water partition coefficient (Wildman–Crippen LogP) is 2.86. The number of aliphatic hydroxyl groups excluding tert-OH is 1. The highest BCUT2D eigenvalue weighted by Gasteiger charge is 2.20. The average molecular weight is 413 g/mol. The predicted molar refractivity (Wildman–Crippen MR) is 120 cm³/mol. The van der Waals surface area contributed by atoms with Gasteiger partial charge in [-0.15, -0.1) is 0 Å². The van der Waals surface area contributed by atoms with Crippen molar-refractivity contribution in [2.75, 3.05) is 49.5 Å². The van der Waals surface area contributed by atoms with Crippen LogP contribution in [-0.4, -0.2) is 61.5 Å². The number of anilines is 2. The molecule has 1 unspecified atom stereocenters. The van der Waals surface area contributed by atoms with Crippen molar-refractivity contribution in [1.29, 1.82) is 0 Å². The molecule has 1 atom stereocenters. The molecule has 0 radical (unpaired) electrons. The van der Waals surface area contributed by atoms with Gasteiger partial charge < -0.3 is 25.8 Å². The van der Waals surface area contributed by atoms with Gasteiger partial charge >= 0.3 is 6.03 Å². The maximum absolute atomic E-state index is 10.8. The van der Waals surface area contributed by atoms with E-state index in [4.69, 9.17) is 10.5 Å². The van der Waals surface area contributed by atoms with E-state index < -0.39 is 12.1 Å². The smallest absolute Gasteiger partial charge is 0.316 e. The number of ether oxygens (including phenoxy) is 1. The van der Waals surface area contributed by atoms with Gasteiger partial charge in [-0.2, -0.15) is 0 Å². The Morgan fingerprint density at radius 1 is 1.07 bits per heavy atom. The Balaban J connectivity index is 1.39. The molecule has 30 heavy (non-hydrogen) atoms. The highest BCUT2D eigenvalue weighted by atomic mass is 16.5. The number of β-amino-alcohol motifs (C(OH)–C–C–N with tert-alkyl or cyclic N) is 1. The van der Waals surface area contributed by atoms with Gasteiger partial charge in [0.25, 0.3) is 0 Å². The summed E-state index contributed by atoms with van der Waals surface area (Å²) in [5.41, 5.74) is 8.31. The topological polar surface area (TPSA) is 91.1 Å². The molecule has 0 saturated carbocycles. The van der Waals surface area contributed by atoms with E-state index >= 15 is 0 Å². The molecule has 2 aromatic rings. The van der Waals surface area contributed by atoms with Crippen LogP contribution in [0.5, 0.6) is 5.75 Å². The standard InChI is InChI=1S/C23H32N4O3/c1-17(2)18-3-7-20(8-4-18)27-13-11-26(12-14-27)15-21(28)16-30-22-9-5-19(6-10-22)25-23(24)29/h3-10,17,21,28H,11-16H2,1-2H3,(H3,24,25,29). The molecule has 3 rings (SSSR count). The molecule has 0 bridgehead atoms. The third kappa shape index (κ3) is 6.37. The molecule has 0 spiro atoms. The van der Waals surface area contributed by atoms with E-state index in [0.717, 1.165) is 26.2 Å². The molecule has 2 aromatic carbocycles. The minimum absolute atomic E-state index is 0.222. The van der Waals surface area contributed by atoms with E-state index in [0.29, 0.717) is 23.9 Å². The van der Waals surface area contributed by atoms with Gasteiger partial charge in [-0.05, 0) is 47.9 Å². The van der Waals surface area contributed by atoms with E-state index in [9.17, 15) is 9.90 Å². The van der Waals surface area contributed by atoms with Crippen molar-refractivity contribution in [3.8, 4) is 5.75 Å². The largest absolute Gasteiger partial charge is 0.491 e. The molecular weight excluding hydrogens is 380 g/mol. The number of rotatable bonds is 8. The van der Waals surface area contributed by atoms with Crippen LogP contribution in [0.1, 0.15) is 25.3 Å². The number of nitrogens with zero attached hydrogens (tertiary/aromatic N) is 2. The molecule has 1 fully saturated rings. The van der Waals surface area contributed by atoms with Crippen molar-refractivity contribution >= 4 is 17.4 Å². The lowest BCUT2D eigenvalue weighted by Crippen LogP contribution is -2.49.